The molecule has 2 atom stereocenters. The predicted octanol–water partition coefficient (Wildman–Crippen LogP) is 0.711. The maximum Gasteiger partial charge on any atom is 0.310 e. The highest BCUT2D eigenvalue weighted by atomic mass is 32.1. The molecule has 0 aromatic carbocycles. The summed E-state index contributed by atoms with van der Waals surface area (Å²) in [7, 11) is 1.36. The molecule has 0 radical (unpaired) electrons. The molecule has 1 aromatic heterocycles. The number of likely N-dealkylation sites (tertiary alicyclic amines) is 1. The van der Waals surface area contributed by atoms with E-state index in [1.165, 1.54) is 18.4 Å². The monoisotopic (exact) mass is 268 g/mol. The highest BCUT2D eigenvalue weighted by molar-refractivity contribution is 7.12. The molecular weight excluding hydrogens is 252 g/mol. The van der Waals surface area contributed by atoms with E-state index in [2.05, 4.69) is 0 Å². The summed E-state index contributed by atoms with van der Waals surface area (Å²) in [5.41, 5.74) is 5.90. The minimum atomic E-state index is -0.317. The smallest absolute Gasteiger partial charge is 0.310 e. The Hall–Kier alpha value is -1.40. The van der Waals surface area contributed by atoms with Crippen LogP contribution in [0, 0.1) is 5.92 Å². The Labute approximate surface area is 110 Å². The Morgan fingerprint density at radius 2 is 2.28 bits per heavy atom. The van der Waals surface area contributed by atoms with Crippen LogP contribution in [-0.2, 0) is 9.53 Å². The minimum Gasteiger partial charge on any atom is -0.469 e. The normalized spacial score (nSPS) is 23.8. The third-order valence-electron chi connectivity index (χ3n) is 3.04. The summed E-state index contributed by atoms with van der Waals surface area (Å²) in [6.07, 6.45) is 0.570. The Morgan fingerprint density at radius 3 is 2.89 bits per heavy atom. The topological polar surface area (TPSA) is 72.6 Å². The number of rotatable bonds is 2. The van der Waals surface area contributed by atoms with Gasteiger partial charge in [0.05, 0.1) is 17.9 Å². The van der Waals surface area contributed by atoms with Crippen LogP contribution >= 0.6 is 11.3 Å². The van der Waals surface area contributed by atoms with Crippen molar-refractivity contribution < 1.29 is 14.3 Å². The third-order valence-corrected chi connectivity index (χ3v) is 3.89. The van der Waals surface area contributed by atoms with Crippen molar-refractivity contribution in [1.29, 1.82) is 0 Å². The Morgan fingerprint density at radius 1 is 1.50 bits per heavy atom. The number of ether oxygens (including phenoxy) is 1. The van der Waals surface area contributed by atoms with Gasteiger partial charge in [-0.3, -0.25) is 9.59 Å². The number of esters is 1. The number of hydrogen-bond donors (Lipinski definition) is 1. The molecule has 6 heteroatoms. The van der Waals surface area contributed by atoms with Crippen LogP contribution in [0.25, 0.3) is 0 Å². The minimum absolute atomic E-state index is 0.0611. The number of nitrogens with zero attached hydrogens (tertiary/aromatic N) is 1. The fraction of sp³-hybridized carbons (Fsp3) is 0.500. The summed E-state index contributed by atoms with van der Waals surface area (Å²) in [6.45, 7) is 0.876. The second-order valence-electron chi connectivity index (χ2n) is 4.40. The fourth-order valence-corrected chi connectivity index (χ4v) is 2.89. The van der Waals surface area contributed by atoms with E-state index >= 15 is 0 Å². The Kier molecular flexibility index (Phi) is 3.98. The van der Waals surface area contributed by atoms with E-state index in [1.807, 2.05) is 11.4 Å². The highest BCUT2D eigenvalue weighted by Gasteiger charge is 2.33. The fourth-order valence-electron chi connectivity index (χ4n) is 2.20. The largest absolute Gasteiger partial charge is 0.469 e. The van der Waals surface area contributed by atoms with Gasteiger partial charge in [0.2, 0.25) is 0 Å². The number of amides is 1. The molecule has 18 heavy (non-hydrogen) atoms. The SMILES string of the molecule is COC(=O)C1CC(N)CN(C(=O)c2cccs2)C1. The van der Waals surface area contributed by atoms with E-state index in [0.29, 0.717) is 24.4 Å². The molecule has 1 saturated heterocycles. The van der Waals surface area contributed by atoms with Crippen molar-refractivity contribution in [2.45, 2.75) is 12.5 Å². The third kappa shape index (κ3) is 2.70. The first-order chi connectivity index (χ1) is 8.61. The van der Waals surface area contributed by atoms with Crippen LogP contribution in [-0.4, -0.2) is 43.0 Å². The molecule has 1 fully saturated rings. The second-order valence-corrected chi connectivity index (χ2v) is 5.35. The number of nitrogens with two attached hydrogens (primary N) is 1. The van der Waals surface area contributed by atoms with E-state index in [4.69, 9.17) is 10.5 Å². The quantitative estimate of drug-likeness (QED) is 0.802. The molecule has 2 rings (SSSR count). The lowest BCUT2D eigenvalue weighted by atomic mass is 9.94. The van der Waals surface area contributed by atoms with Crippen molar-refractivity contribution >= 4 is 23.2 Å². The second kappa shape index (κ2) is 5.49. The van der Waals surface area contributed by atoms with Gasteiger partial charge in [0, 0.05) is 19.1 Å². The zero-order chi connectivity index (χ0) is 13.1. The molecule has 1 aliphatic heterocycles. The number of carbonyl (C=O) groups excluding carboxylic acids is 2. The van der Waals surface area contributed by atoms with Crippen LogP contribution in [0.5, 0.6) is 0 Å². The van der Waals surface area contributed by atoms with E-state index in [1.54, 1.807) is 11.0 Å². The molecule has 0 saturated carbocycles. The van der Waals surface area contributed by atoms with Gasteiger partial charge < -0.3 is 15.4 Å². The van der Waals surface area contributed by atoms with Crippen molar-refractivity contribution in [3.63, 3.8) is 0 Å². The molecule has 0 bridgehead atoms. The van der Waals surface area contributed by atoms with Gasteiger partial charge in [-0.05, 0) is 17.9 Å². The van der Waals surface area contributed by atoms with Crippen molar-refractivity contribution in [1.82, 2.24) is 4.90 Å². The van der Waals surface area contributed by atoms with Crippen LogP contribution in [0.15, 0.2) is 17.5 Å². The van der Waals surface area contributed by atoms with Crippen molar-refractivity contribution in [2.75, 3.05) is 20.2 Å². The molecule has 5 nitrogen and oxygen atoms in total. The summed E-state index contributed by atoms with van der Waals surface area (Å²) in [4.78, 5) is 26.1. The van der Waals surface area contributed by atoms with Crippen molar-refractivity contribution in [2.24, 2.45) is 11.7 Å². The van der Waals surface area contributed by atoms with Gasteiger partial charge in [-0.2, -0.15) is 0 Å². The van der Waals surface area contributed by atoms with Gasteiger partial charge >= 0.3 is 5.97 Å². The molecule has 0 aliphatic carbocycles. The predicted molar refractivity (Wildman–Crippen MR) is 68.3 cm³/mol. The molecule has 1 aliphatic rings. The number of hydrogen-bond acceptors (Lipinski definition) is 5. The molecule has 2 N–H and O–H groups in total. The van der Waals surface area contributed by atoms with Crippen LogP contribution in [0.1, 0.15) is 16.1 Å². The lowest BCUT2D eigenvalue weighted by molar-refractivity contribution is -0.147. The molecular formula is C12H16N2O3S. The summed E-state index contributed by atoms with van der Waals surface area (Å²) < 4.78 is 4.73. The van der Waals surface area contributed by atoms with Gasteiger partial charge in [-0.15, -0.1) is 11.3 Å². The molecule has 1 aromatic rings. The summed E-state index contributed by atoms with van der Waals surface area (Å²) in [5, 5.41) is 1.86. The van der Waals surface area contributed by atoms with Gasteiger partial charge in [0.1, 0.15) is 0 Å². The average molecular weight is 268 g/mol. The van der Waals surface area contributed by atoms with Crippen molar-refractivity contribution in [3.05, 3.63) is 22.4 Å². The van der Waals surface area contributed by atoms with Crippen LogP contribution < -0.4 is 5.73 Å². The first kappa shape index (κ1) is 13.0. The van der Waals surface area contributed by atoms with E-state index in [9.17, 15) is 9.59 Å². The highest BCUT2D eigenvalue weighted by Crippen LogP contribution is 2.20. The molecule has 98 valence electrons. The Balaban J connectivity index is 2.09. The summed E-state index contributed by atoms with van der Waals surface area (Å²) in [6, 6.07) is 3.44. The van der Waals surface area contributed by atoms with Crippen LogP contribution in [0.4, 0.5) is 0 Å². The molecule has 2 unspecified atom stereocenters. The van der Waals surface area contributed by atoms with E-state index < -0.39 is 0 Å². The standard InChI is InChI=1S/C12H16N2O3S/c1-17-12(16)8-5-9(13)7-14(6-8)11(15)10-3-2-4-18-10/h2-4,8-9H,5-7,13H2,1H3. The maximum absolute atomic E-state index is 12.2. The first-order valence-corrected chi connectivity index (χ1v) is 6.66. The van der Waals surface area contributed by atoms with Crippen LogP contribution in [0.3, 0.4) is 0 Å². The number of thiophene rings is 1. The van der Waals surface area contributed by atoms with E-state index in [0.717, 1.165) is 0 Å². The number of methoxy groups -OCH3 is 1. The summed E-state index contributed by atoms with van der Waals surface area (Å²) >= 11 is 1.39. The molecule has 2 heterocycles. The number of carbonyl (C=O) groups is 2. The average Bonchev–Trinajstić information content (AvgIpc) is 2.90. The first-order valence-electron chi connectivity index (χ1n) is 5.78. The maximum atomic E-state index is 12.2. The Bertz CT molecular complexity index is 433. The zero-order valence-corrected chi connectivity index (χ0v) is 11.0. The van der Waals surface area contributed by atoms with Gasteiger partial charge in [-0.25, -0.2) is 0 Å². The number of piperidine rings is 1. The molecule has 0 spiro atoms. The lowest BCUT2D eigenvalue weighted by Gasteiger charge is -2.34. The van der Waals surface area contributed by atoms with Gasteiger partial charge in [0.15, 0.2) is 0 Å². The van der Waals surface area contributed by atoms with E-state index in [-0.39, 0.29) is 23.8 Å². The molecule has 1 amide bonds. The van der Waals surface area contributed by atoms with Crippen molar-refractivity contribution in [3.8, 4) is 0 Å². The van der Waals surface area contributed by atoms with Gasteiger partial charge in [-0.1, -0.05) is 6.07 Å². The summed E-state index contributed by atoms with van der Waals surface area (Å²) in [5.74, 6) is -0.675. The van der Waals surface area contributed by atoms with Gasteiger partial charge in [0.25, 0.3) is 5.91 Å². The zero-order valence-electron chi connectivity index (χ0n) is 10.2. The van der Waals surface area contributed by atoms with Crippen LogP contribution in [0.2, 0.25) is 0 Å². The lowest BCUT2D eigenvalue weighted by Crippen LogP contribution is -2.51.